The smallest absolute Gasteiger partial charge is 0.146 e. The molecule has 0 aliphatic heterocycles. The third-order valence-corrected chi connectivity index (χ3v) is 4.55. The van der Waals surface area contributed by atoms with Crippen LogP contribution in [-0.2, 0) is 0 Å². The topological polar surface area (TPSA) is 12.0 Å². The summed E-state index contributed by atoms with van der Waals surface area (Å²) in [6, 6.07) is 16.2. The minimum atomic E-state index is -0.146. The predicted octanol–water partition coefficient (Wildman–Crippen LogP) is 5.27. The van der Waals surface area contributed by atoms with E-state index in [9.17, 15) is 4.39 Å². The van der Waals surface area contributed by atoms with Gasteiger partial charge in [-0.1, -0.05) is 55.3 Å². The average Bonchev–Trinajstić information content (AvgIpc) is 2.52. The van der Waals surface area contributed by atoms with Gasteiger partial charge in [0.15, 0.2) is 0 Å². The molecule has 1 aliphatic carbocycles. The molecule has 110 valence electrons. The summed E-state index contributed by atoms with van der Waals surface area (Å²) < 4.78 is 14.1. The Morgan fingerprint density at radius 1 is 0.952 bits per heavy atom. The molecule has 0 bridgehead atoms. The Balaban J connectivity index is 1.85. The molecule has 0 saturated heterocycles. The van der Waals surface area contributed by atoms with Gasteiger partial charge in [-0.3, -0.25) is 0 Å². The molecule has 3 rings (SSSR count). The first-order chi connectivity index (χ1) is 10.3. The lowest BCUT2D eigenvalue weighted by atomic mass is 9.80. The first-order valence-electron chi connectivity index (χ1n) is 7.82. The molecule has 2 aromatic rings. The summed E-state index contributed by atoms with van der Waals surface area (Å²) in [6.45, 7) is 1.96. The predicted molar refractivity (Wildman–Crippen MR) is 86.2 cm³/mol. The van der Waals surface area contributed by atoms with Crippen molar-refractivity contribution in [2.75, 3.05) is 5.32 Å². The number of benzene rings is 2. The van der Waals surface area contributed by atoms with E-state index in [1.807, 2.05) is 13.0 Å². The van der Waals surface area contributed by atoms with Gasteiger partial charge in [0.1, 0.15) is 5.82 Å². The molecule has 2 heteroatoms. The second-order valence-electron chi connectivity index (χ2n) is 5.98. The van der Waals surface area contributed by atoms with Crippen molar-refractivity contribution < 1.29 is 4.39 Å². The van der Waals surface area contributed by atoms with Crippen LogP contribution < -0.4 is 5.32 Å². The van der Waals surface area contributed by atoms with E-state index in [2.05, 4.69) is 35.6 Å². The van der Waals surface area contributed by atoms with Gasteiger partial charge in [-0.15, -0.1) is 0 Å². The van der Waals surface area contributed by atoms with E-state index in [0.29, 0.717) is 17.6 Å². The second kappa shape index (κ2) is 6.30. The third-order valence-electron chi connectivity index (χ3n) is 4.55. The molecule has 21 heavy (non-hydrogen) atoms. The van der Waals surface area contributed by atoms with Crippen molar-refractivity contribution in [3.8, 4) is 0 Å². The van der Waals surface area contributed by atoms with Crippen LogP contribution in [0.15, 0.2) is 48.5 Å². The quantitative estimate of drug-likeness (QED) is 0.809. The Hall–Kier alpha value is -1.83. The summed E-state index contributed by atoms with van der Waals surface area (Å²) >= 11 is 0. The fourth-order valence-corrected chi connectivity index (χ4v) is 3.40. The van der Waals surface area contributed by atoms with E-state index in [0.717, 1.165) is 12.0 Å². The van der Waals surface area contributed by atoms with Crippen LogP contribution in [0.3, 0.4) is 0 Å². The maximum absolute atomic E-state index is 14.1. The van der Waals surface area contributed by atoms with Gasteiger partial charge in [-0.05, 0) is 37.0 Å². The zero-order valence-corrected chi connectivity index (χ0v) is 12.5. The number of anilines is 1. The van der Waals surface area contributed by atoms with Crippen molar-refractivity contribution in [1.82, 2.24) is 0 Å². The molecule has 2 unspecified atom stereocenters. The van der Waals surface area contributed by atoms with Gasteiger partial charge < -0.3 is 5.32 Å². The molecular weight excluding hydrogens is 261 g/mol. The summed E-state index contributed by atoms with van der Waals surface area (Å²) in [7, 11) is 0. The Labute approximate surface area is 126 Å². The molecule has 2 aromatic carbocycles. The molecule has 0 radical (unpaired) electrons. The molecule has 1 fully saturated rings. The number of rotatable bonds is 3. The SMILES string of the molecule is Cc1cccc(F)c1NC1CCCCC1c1ccccc1. The molecule has 1 saturated carbocycles. The molecule has 1 N–H and O–H groups in total. The van der Waals surface area contributed by atoms with Gasteiger partial charge in [0.25, 0.3) is 0 Å². The van der Waals surface area contributed by atoms with Crippen LogP contribution in [-0.4, -0.2) is 6.04 Å². The van der Waals surface area contributed by atoms with Crippen molar-refractivity contribution in [2.24, 2.45) is 0 Å². The molecule has 2 atom stereocenters. The zero-order chi connectivity index (χ0) is 14.7. The Kier molecular flexibility index (Phi) is 4.23. The van der Waals surface area contributed by atoms with E-state index < -0.39 is 0 Å². The minimum Gasteiger partial charge on any atom is -0.379 e. The van der Waals surface area contributed by atoms with Gasteiger partial charge in [-0.2, -0.15) is 0 Å². The molecular formula is C19H22FN. The number of aryl methyl sites for hydroxylation is 1. The van der Waals surface area contributed by atoms with Crippen LogP contribution in [0.1, 0.15) is 42.7 Å². The summed E-state index contributed by atoms with van der Waals surface area (Å²) in [5, 5.41) is 3.49. The van der Waals surface area contributed by atoms with Gasteiger partial charge in [0.05, 0.1) is 5.69 Å². The average molecular weight is 283 g/mol. The molecule has 0 heterocycles. The van der Waals surface area contributed by atoms with Gasteiger partial charge in [0.2, 0.25) is 0 Å². The van der Waals surface area contributed by atoms with E-state index in [-0.39, 0.29) is 5.82 Å². The second-order valence-corrected chi connectivity index (χ2v) is 5.98. The summed E-state index contributed by atoms with van der Waals surface area (Å²) in [6.07, 6.45) is 4.75. The first kappa shape index (κ1) is 14.1. The van der Waals surface area contributed by atoms with Crippen molar-refractivity contribution in [3.63, 3.8) is 0 Å². The van der Waals surface area contributed by atoms with E-state index >= 15 is 0 Å². The van der Waals surface area contributed by atoms with Crippen LogP contribution in [0.2, 0.25) is 0 Å². The van der Waals surface area contributed by atoms with E-state index in [4.69, 9.17) is 0 Å². The first-order valence-corrected chi connectivity index (χ1v) is 7.82. The van der Waals surface area contributed by atoms with E-state index in [1.54, 1.807) is 6.07 Å². The lowest BCUT2D eigenvalue weighted by Crippen LogP contribution is -2.31. The molecule has 0 amide bonds. The van der Waals surface area contributed by atoms with Crippen molar-refractivity contribution in [2.45, 2.75) is 44.6 Å². The van der Waals surface area contributed by atoms with Crippen LogP contribution in [0.5, 0.6) is 0 Å². The summed E-state index contributed by atoms with van der Waals surface area (Å²) in [4.78, 5) is 0. The highest BCUT2D eigenvalue weighted by molar-refractivity contribution is 5.53. The van der Waals surface area contributed by atoms with Crippen LogP contribution in [0.25, 0.3) is 0 Å². The molecule has 0 spiro atoms. The minimum absolute atomic E-state index is 0.146. The highest BCUT2D eigenvalue weighted by Gasteiger charge is 2.27. The maximum Gasteiger partial charge on any atom is 0.146 e. The van der Waals surface area contributed by atoms with Crippen molar-refractivity contribution in [3.05, 3.63) is 65.5 Å². The highest BCUT2D eigenvalue weighted by Crippen LogP contribution is 2.35. The van der Waals surface area contributed by atoms with Gasteiger partial charge in [0, 0.05) is 12.0 Å². The lowest BCUT2D eigenvalue weighted by molar-refractivity contribution is 0.404. The van der Waals surface area contributed by atoms with Crippen LogP contribution in [0.4, 0.5) is 10.1 Å². The van der Waals surface area contributed by atoms with Gasteiger partial charge in [-0.25, -0.2) is 4.39 Å². The number of hydrogen-bond acceptors (Lipinski definition) is 1. The monoisotopic (exact) mass is 283 g/mol. The number of halogens is 1. The third kappa shape index (κ3) is 3.10. The zero-order valence-electron chi connectivity index (χ0n) is 12.5. The maximum atomic E-state index is 14.1. The van der Waals surface area contributed by atoms with Crippen LogP contribution in [0, 0.1) is 12.7 Å². The molecule has 1 aliphatic rings. The Morgan fingerprint density at radius 3 is 2.48 bits per heavy atom. The normalized spacial score (nSPS) is 22.0. The highest BCUT2D eigenvalue weighted by atomic mass is 19.1. The number of para-hydroxylation sites is 1. The van der Waals surface area contributed by atoms with Crippen molar-refractivity contribution >= 4 is 5.69 Å². The molecule has 1 nitrogen and oxygen atoms in total. The number of hydrogen-bond donors (Lipinski definition) is 1. The standard InChI is InChI=1S/C19H22FN/c1-14-8-7-12-17(20)19(14)21-18-13-6-5-11-16(18)15-9-3-2-4-10-15/h2-4,7-10,12,16,18,21H,5-6,11,13H2,1H3. The lowest BCUT2D eigenvalue weighted by Gasteiger charge is -2.34. The Bertz CT molecular complexity index is 574. The van der Waals surface area contributed by atoms with Crippen molar-refractivity contribution in [1.29, 1.82) is 0 Å². The fourth-order valence-electron chi connectivity index (χ4n) is 3.40. The fraction of sp³-hybridized carbons (Fsp3) is 0.368. The van der Waals surface area contributed by atoms with E-state index in [1.165, 1.54) is 30.9 Å². The number of nitrogens with one attached hydrogen (secondary N) is 1. The summed E-state index contributed by atoms with van der Waals surface area (Å²) in [5.74, 6) is 0.325. The summed E-state index contributed by atoms with van der Waals surface area (Å²) in [5.41, 5.74) is 3.02. The van der Waals surface area contributed by atoms with Crippen LogP contribution >= 0.6 is 0 Å². The largest absolute Gasteiger partial charge is 0.379 e. The van der Waals surface area contributed by atoms with Gasteiger partial charge >= 0.3 is 0 Å². The Morgan fingerprint density at radius 2 is 1.71 bits per heavy atom. The molecule has 0 aromatic heterocycles.